The lowest BCUT2D eigenvalue weighted by Gasteiger charge is -2.17. The molecule has 4 atom stereocenters. The minimum atomic E-state index is -1.69. The van der Waals surface area contributed by atoms with Gasteiger partial charge in [-0.1, -0.05) is 6.08 Å². The van der Waals surface area contributed by atoms with E-state index in [-0.39, 0.29) is 6.61 Å². The van der Waals surface area contributed by atoms with E-state index in [0.717, 1.165) is 34.4 Å². The van der Waals surface area contributed by atoms with E-state index in [1.165, 1.54) is 6.33 Å². The number of nitrogens with one attached hydrogen (secondary N) is 2. The Labute approximate surface area is 206 Å². The van der Waals surface area contributed by atoms with E-state index in [1.54, 1.807) is 23.9 Å². The molecule has 0 saturated carbocycles. The molecular formula is C25H26FN7O3. The number of alkyl halides is 1. The number of fused-ring (bicyclic) bond motifs is 2. The average Bonchev–Trinajstić information content (AvgIpc) is 3.62. The second-order valence-corrected chi connectivity index (χ2v) is 8.88. The van der Waals surface area contributed by atoms with Gasteiger partial charge in [0.15, 0.2) is 12.4 Å². The third-order valence-corrected chi connectivity index (χ3v) is 6.69. The zero-order chi connectivity index (χ0) is 24.8. The van der Waals surface area contributed by atoms with Gasteiger partial charge in [0.05, 0.1) is 10.9 Å². The molecule has 0 bridgehead atoms. The van der Waals surface area contributed by atoms with Crippen molar-refractivity contribution in [1.29, 1.82) is 0 Å². The number of rotatable bonds is 6. The zero-order valence-electron chi connectivity index (χ0n) is 19.6. The summed E-state index contributed by atoms with van der Waals surface area (Å²) in [6, 6.07) is 9.36. The van der Waals surface area contributed by atoms with E-state index in [9.17, 15) is 5.11 Å². The molecule has 36 heavy (non-hydrogen) atoms. The Morgan fingerprint density at radius 1 is 1.31 bits per heavy atom. The SMILES string of the molecule is CNc1ccc2ccc(OC[C@H]3O[C@@H](n4cc(C5=CCNC5)c5c(N)ncnc54)[C@@H](F)[C@@H]3O)cc2n1. The molecule has 0 aliphatic carbocycles. The maximum Gasteiger partial charge on any atom is 0.173 e. The standard InChI is InChI=1S/C25H26FN7O3/c1-28-19-5-3-13-2-4-15(8-17(13)32-19)35-11-18-22(34)21(26)25(36-18)33-10-16(14-6-7-29-9-14)20-23(27)30-12-31-24(20)33/h2-6,8,10,12,18,21-22,25,29,34H,7,9,11H2,1H3,(H,28,32)(H2,27,30,31)/t18-,21+,22-,25-/m1/s1. The van der Waals surface area contributed by atoms with Gasteiger partial charge in [0, 0.05) is 43.4 Å². The van der Waals surface area contributed by atoms with Crippen molar-refractivity contribution < 1.29 is 19.0 Å². The molecule has 6 rings (SSSR count). The Kier molecular flexibility index (Phi) is 5.67. The lowest BCUT2D eigenvalue weighted by molar-refractivity contribution is -0.0410. The van der Waals surface area contributed by atoms with Gasteiger partial charge in [-0.25, -0.2) is 19.3 Å². The molecule has 5 heterocycles. The number of hydrogen-bond acceptors (Lipinski definition) is 9. The smallest absolute Gasteiger partial charge is 0.173 e. The van der Waals surface area contributed by atoms with E-state index in [0.29, 0.717) is 29.1 Å². The van der Waals surface area contributed by atoms with Gasteiger partial charge in [0.2, 0.25) is 0 Å². The summed E-state index contributed by atoms with van der Waals surface area (Å²) >= 11 is 0. The first-order chi connectivity index (χ1) is 17.5. The third-order valence-electron chi connectivity index (χ3n) is 6.69. The summed E-state index contributed by atoms with van der Waals surface area (Å²) in [6.45, 7) is 1.36. The number of aliphatic hydroxyl groups is 1. The van der Waals surface area contributed by atoms with Gasteiger partial charge in [0.1, 0.15) is 48.2 Å². The molecule has 0 unspecified atom stereocenters. The number of nitrogens with zero attached hydrogens (tertiary/aromatic N) is 4. The highest BCUT2D eigenvalue weighted by Crippen LogP contribution is 2.38. The Morgan fingerprint density at radius 3 is 2.97 bits per heavy atom. The summed E-state index contributed by atoms with van der Waals surface area (Å²) in [6.07, 6.45) is 0.122. The van der Waals surface area contributed by atoms with Crippen LogP contribution in [0.2, 0.25) is 0 Å². The molecule has 0 spiro atoms. The van der Waals surface area contributed by atoms with Crippen LogP contribution in [0.5, 0.6) is 5.75 Å². The lowest BCUT2D eigenvalue weighted by Crippen LogP contribution is -2.32. The van der Waals surface area contributed by atoms with Gasteiger partial charge in [-0.3, -0.25) is 0 Å². The van der Waals surface area contributed by atoms with Crippen LogP contribution in [0.1, 0.15) is 11.8 Å². The number of hydrogen-bond donors (Lipinski definition) is 4. The second kappa shape index (κ2) is 9.01. The van der Waals surface area contributed by atoms with Gasteiger partial charge < -0.3 is 35.5 Å². The van der Waals surface area contributed by atoms with E-state index < -0.39 is 24.6 Å². The van der Waals surface area contributed by atoms with Gasteiger partial charge in [-0.05, 0) is 29.8 Å². The number of aromatic nitrogens is 4. The van der Waals surface area contributed by atoms with Crippen LogP contribution in [-0.4, -0.2) is 69.7 Å². The predicted molar refractivity (Wildman–Crippen MR) is 134 cm³/mol. The Bertz CT molecular complexity index is 1470. The van der Waals surface area contributed by atoms with Crippen molar-refractivity contribution in [1.82, 2.24) is 24.8 Å². The van der Waals surface area contributed by atoms with Gasteiger partial charge in [-0.2, -0.15) is 0 Å². The highest BCUT2D eigenvalue weighted by atomic mass is 19.1. The highest BCUT2D eigenvalue weighted by molar-refractivity contribution is 5.98. The maximum atomic E-state index is 15.4. The first kappa shape index (κ1) is 22.7. The summed E-state index contributed by atoms with van der Waals surface area (Å²) in [5.41, 5.74) is 9.23. The molecule has 1 aromatic carbocycles. The fourth-order valence-electron chi connectivity index (χ4n) is 4.79. The largest absolute Gasteiger partial charge is 0.491 e. The van der Waals surface area contributed by atoms with Crippen LogP contribution in [-0.2, 0) is 4.74 Å². The van der Waals surface area contributed by atoms with Gasteiger partial charge >= 0.3 is 0 Å². The topological polar surface area (TPSA) is 132 Å². The molecule has 10 nitrogen and oxygen atoms in total. The summed E-state index contributed by atoms with van der Waals surface area (Å²) in [5.74, 6) is 1.60. The van der Waals surface area contributed by atoms with E-state index in [4.69, 9.17) is 15.2 Å². The van der Waals surface area contributed by atoms with Gasteiger partial charge in [-0.15, -0.1) is 0 Å². The maximum absolute atomic E-state index is 15.4. The number of halogens is 1. The summed E-state index contributed by atoms with van der Waals surface area (Å²) in [7, 11) is 1.80. The molecule has 0 radical (unpaired) electrons. The van der Waals surface area contributed by atoms with Crippen molar-refractivity contribution in [2.45, 2.75) is 24.6 Å². The molecule has 1 fully saturated rings. The number of pyridine rings is 1. The van der Waals surface area contributed by atoms with Crippen LogP contribution < -0.4 is 21.1 Å². The molecule has 4 aromatic rings. The molecule has 0 amide bonds. The Hall–Kier alpha value is -3.80. The van der Waals surface area contributed by atoms with Crippen molar-refractivity contribution in [3.8, 4) is 5.75 Å². The minimum absolute atomic E-state index is 0.0342. The number of aliphatic hydroxyl groups excluding tert-OH is 1. The van der Waals surface area contributed by atoms with Crippen molar-refractivity contribution in [2.75, 3.05) is 37.8 Å². The molecule has 5 N–H and O–H groups in total. The summed E-state index contributed by atoms with van der Waals surface area (Å²) < 4.78 is 28.8. The molecule has 3 aromatic heterocycles. The predicted octanol–water partition coefficient (Wildman–Crippen LogP) is 2.27. The molecular weight excluding hydrogens is 465 g/mol. The van der Waals surface area contributed by atoms with Crippen molar-refractivity contribution in [3.05, 3.63) is 54.5 Å². The normalized spacial score (nSPS) is 23.9. The highest BCUT2D eigenvalue weighted by Gasteiger charge is 2.46. The fraction of sp³-hybridized carbons (Fsp3) is 0.320. The van der Waals surface area contributed by atoms with Crippen LogP contribution >= 0.6 is 0 Å². The first-order valence-corrected chi connectivity index (χ1v) is 11.7. The fourth-order valence-corrected chi connectivity index (χ4v) is 4.79. The number of ether oxygens (including phenoxy) is 2. The monoisotopic (exact) mass is 491 g/mol. The quantitative estimate of drug-likeness (QED) is 0.321. The molecule has 2 aliphatic heterocycles. The van der Waals surface area contributed by atoms with Crippen LogP contribution in [0.25, 0.3) is 27.5 Å². The van der Waals surface area contributed by atoms with Crippen molar-refractivity contribution in [3.63, 3.8) is 0 Å². The van der Waals surface area contributed by atoms with E-state index >= 15 is 4.39 Å². The first-order valence-electron chi connectivity index (χ1n) is 11.7. The Morgan fingerprint density at radius 2 is 2.17 bits per heavy atom. The molecule has 1 saturated heterocycles. The van der Waals surface area contributed by atoms with Gasteiger partial charge in [0.25, 0.3) is 0 Å². The van der Waals surface area contributed by atoms with Crippen LogP contribution in [0.4, 0.5) is 16.0 Å². The van der Waals surface area contributed by atoms with Crippen LogP contribution in [0.3, 0.4) is 0 Å². The zero-order valence-corrected chi connectivity index (χ0v) is 19.6. The lowest BCUT2D eigenvalue weighted by atomic mass is 10.1. The Balaban J connectivity index is 1.25. The van der Waals surface area contributed by atoms with E-state index in [1.807, 2.05) is 24.3 Å². The van der Waals surface area contributed by atoms with Crippen LogP contribution in [0.15, 0.2) is 48.9 Å². The average molecular weight is 492 g/mol. The van der Waals surface area contributed by atoms with Crippen molar-refractivity contribution >= 4 is 39.1 Å². The molecule has 2 aliphatic rings. The number of nitrogen functional groups attached to an aromatic ring is 1. The summed E-state index contributed by atoms with van der Waals surface area (Å²) in [5, 5.41) is 18.5. The number of nitrogens with two attached hydrogens (primary N) is 1. The van der Waals surface area contributed by atoms with Crippen molar-refractivity contribution in [2.24, 2.45) is 0 Å². The van der Waals surface area contributed by atoms with E-state index in [2.05, 4.69) is 31.7 Å². The molecule has 186 valence electrons. The number of anilines is 2. The summed E-state index contributed by atoms with van der Waals surface area (Å²) in [4.78, 5) is 13.0. The minimum Gasteiger partial charge on any atom is -0.491 e. The second-order valence-electron chi connectivity index (χ2n) is 8.88. The third kappa shape index (κ3) is 3.81. The van der Waals surface area contributed by atoms with Crippen LogP contribution in [0, 0.1) is 0 Å². The molecule has 11 heteroatoms. The number of benzene rings is 1.